The number of hydrogen-bond acceptors (Lipinski definition) is 2. The van der Waals surface area contributed by atoms with Gasteiger partial charge in [0.2, 0.25) is 0 Å². The lowest BCUT2D eigenvalue weighted by molar-refractivity contribution is 0.254. The Morgan fingerprint density at radius 2 is 1.60 bits per heavy atom. The molecule has 0 saturated heterocycles. The molecule has 1 aliphatic rings. The standard InChI is InChI=1S/C21H25Cl2NO/c1-20(2,3)12-9-15(21(4,5)6)18-17(10-12)24-19(25-18)14-8-7-13(22)11-16(14)23/h7-11,19,24H,1-6H3. The molecular weight excluding hydrogens is 353 g/mol. The first-order chi connectivity index (χ1) is 11.5. The fourth-order valence-corrected chi connectivity index (χ4v) is 3.50. The van der Waals surface area contributed by atoms with E-state index in [0.717, 1.165) is 17.0 Å². The van der Waals surface area contributed by atoms with E-state index in [1.54, 1.807) is 6.07 Å². The second-order valence-electron chi connectivity index (χ2n) is 8.71. The Bertz CT molecular complexity index is 816. The van der Waals surface area contributed by atoms with Gasteiger partial charge in [-0.3, -0.25) is 0 Å². The van der Waals surface area contributed by atoms with Crippen molar-refractivity contribution in [1.29, 1.82) is 0 Å². The maximum Gasteiger partial charge on any atom is 0.198 e. The lowest BCUT2D eigenvalue weighted by Crippen LogP contribution is -2.17. The molecule has 1 heterocycles. The summed E-state index contributed by atoms with van der Waals surface area (Å²) in [5.74, 6) is 0.913. The highest BCUT2D eigenvalue weighted by atomic mass is 35.5. The highest BCUT2D eigenvalue weighted by Gasteiger charge is 2.33. The molecule has 0 amide bonds. The van der Waals surface area contributed by atoms with Crippen molar-refractivity contribution < 1.29 is 4.74 Å². The van der Waals surface area contributed by atoms with Crippen LogP contribution in [0.4, 0.5) is 5.69 Å². The molecule has 1 N–H and O–H groups in total. The maximum atomic E-state index is 6.38. The molecule has 4 heteroatoms. The first-order valence-electron chi connectivity index (χ1n) is 8.54. The van der Waals surface area contributed by atoms with Crippen LogP contribution in [0.15, 0.2) is 30.3 Å². The van der Waals surface area contributed by atoms with Crippen molar-refractivity contribution in [2.75, 3.05) is 5.32 Å². The van der Waals surface area contributed by atoms with Gasteiger partial charge in [-0.05, 0) is 34.6 Å². The molecule has 2 aromatic rings. The summed E-state index contributed by atoms with van der Waals surface area (Å²) in [6.45, 7) is 13.3. The quantitative estimate of drug-likeness (QED) is 0.572. The van der Waals surface area contributed by atoms with Crippen LogP contribution < -0.4 is 10.1 Å². The number of benzene rings is 2. The second-order valence-corrected chi connectivity index (χ2v) is 9.55. The predicted molar refractivity (Wildman–Crippen MR) is 107 cm³/mol. The maximum absolute atomic E-state index is 6.38. The topological polar surface area (TPSA) is 21.3 Å². The van der Waals surface area contributed by atoms with Crippen molar-refractivity contribution in [3.8, 4) is 5.75 Å². The van der Waals surface area contributed by atoms with Gasteiger partial charge in [0.25, 0.3) is 0 Å². The van der Waals surface area contributed by atoms with Crippen molar-refractivity contribution in [3.63, 3.8) is 0 Å². The van der Waals surface area contributed by atoms with Crippen molar-refractivity contribution in [1.82, 2.24) is 0 Å². The van der Waals surface area contributed by atoms with E-state index < -0.39 is 0 Å². The highest BCUT2D eigenvalue weighted by Crippen LogP contribution is 2.47. The third-order valence-electron chi connectivity index (χ3n) is 4.53. The molecule has 2 aromatic carbocycles. The van der Waals surface area contributed by atoms with Gasteiger partial charge in [0.05, 0.1) is 10.7 Å². The predicted octanol–water partition coefficient (Wildman–Crippen LogP) is 7.09. The zero-order valence-corrected chi connectivity index (χ0v) is 17.1. The molecule has 3 rings (SSSR count). The Hall–Kier alpha value is -1.38. The van der Waals surface area contributed by atoms with Crippen molar-refractivity contribution in [2.45, 2.75) is 58.6 Å². The monoisotopic (exact) mass is 377 g/mol. The smallest absolute Gasteiger partial charge is 0.198 e. The number of nitrogens with one attached hydrogen (secondary N) is 1. The summed E-state index contributed by atoms with van der Waals surface area (Å²) < 4.78 is 6.30. The van der Waals surface area contributed by atoms with Crippen molar-refractivity contribution >= 4 is 28.9 Å². The van der Waals surface area contributed by atoms with Gasteiger partial charge in [0, 0.05) is 16.1 Å². The fourth-order valence-electron chi connectivity index (χ4n) is 3.00. The van der Waals surface area contributed by atoms with E-state index in [4.69, 9.17) is 27.9 Å². The van der Waals surface area contributed by atoms with E-state index >= 15 is 0 Å². The summed E-state index contributed by atoms with van der Waals surface area (Å²) in [5, 5.41) is 4.71. The van der Waals surface area contributed by atoms with Crippen LogP contribution >= 0.6 is 23.2 Å². The average molecular weight is 378 g/mol. The molecule has 0 bridgehead atoms. The SMILES string of the molecule is CC(C)(C)c1cc2c(c(C(C)(C)C)c1)OC(c1ccc(Cl)cc1Cl)N2. The summed E-state index contributed by atoms with van der Waals surface area (Å²) in [6.07, 6.45) is -0.309. The largest absolute Gasteiger partial charge is 0.464 e. The van der Waals surface area contributed by atoms with E-state index in [0.29, 0.717) is 10.0 Å². The van der Waals surface area contributed by atoms with Crippen LogP contribution in [0.1, 0.15) is 64.5 Å². The second kappa shape index (κ2) is 6.10. The number of rotatable bonds is 1. The van der Waals surface area contributed by atoms with Gasteiger partial charge in [-0.15, -0.1) is 0 Å². The number of fused-ring (bicyclic) bond motifs is 1. The summed E-state index contributed by atoms with van der Waals surface area (Å²) in [7, 11) is 0. The minimum Gasteiger partial charge on any atom is -0.464 e. The van der Waals surface area contributed by atoms with Gasteiger partial charge in [-0.1, -0.05) is 76.9 Å². The Morgan fingerprint density at radius 1 is 0.920 bits per heavy atom. The van der Waals surface area contributed by atoms with Crippen molar-refractivity contribution in [3.05, 3.63) is 57.1 Å². The highest BCUT2D eigenvalue weighted by molar-refractivity contribution is 6.35. The summed E-state index contributed by atoms with van der Waals surface area (Å²) >= 11 is 12.4. The van der Waals surface area contributed by atoms with Crippen molar-refractivity contribution in [2.24, 2.45) is 0 Å². The lowest BCUT2D eigenvalue weighted by Gasteiger charge is -2.26. The number of hydrogen-bond donors (Lipinski definition) is 1. The fraction of sp³-hybridized carbons (Fsp3) is 0.429. The normalized spacial score (nSPS) is 17.0. The third kappa shape index (κ3) is 3.61. The van der Waals surface area contributed by atoms with Crippen LogP contribution in [0.2, 0.25) is 10.0 Å². The zero-order valence-electron chi connectivity index (χ0n) is 15.6. The summed E-state index contributed by atoms with van der Waals surface area (Å²) in [5.41, 5.74) is 4.44. The molecule has 2 nitrogen and oxygen atoms in total. The molecule has 1 atom stereocenters. The zero-order chi connectivity index (χ0) is 18.6. The number of halogens is 2. The van der Waals surface area contributed by atoms with Crippen LogP contribution in [0.25, 0.3) is 0 Å². The van der Waals surface area contributed by atoms with Gasteiger partial charge >= 0.3 is 0 Å². The van der Waals surface area contributed by atoms with Crippen LogP contribution in [0.5, 0.6) is 5.75 Å². The lowest BCUT2D eigenvalue weighted by atomic mass is 9.80. The minimum absolute atomic E-state index is 0.0221. The Balaban J connectivity index is 2.08. The first-order valence-corrected chi connectivity index (χ1v) is 9.29. The molecular formula is C21H25Cl2NO. The number of ether oxygens (including phenoxy) is 1. The van der Waals surface area contributed by atoms with Crippen LogP contribution in [0, 0.1) is 0 Å². The van der Waals surface area contributed by atoms with Gasteiger partial charge in [0.1, 0.15) is 5.75 Å². The van der Waals surface area contributed by atoms with E-state index in [1.165, 1.54) is 11.1 Å². The van der Waals surface area contributed by atoms with Crippen LogP contribution in [-0.2, 0) is 10.8 Å². The number of anilines is 1. The molecule has 0 aliphatic carbocycles. The van der Waals surface area contributed by atoms with E-state index in [1.807, 2.05) is 12.1 Å². The van der Waals surface area contributed by atoms with Gasteiger partial charge < -0.3 is 10.1 Å². The summed E-state index contributed by atoms with van der Waals surface area (Å²) in [4.78, 5) is 0. The third-order valence-corrected chi connectivity index (χ3v) is 5.09. The van der Waals surface area contributed by atoms with E-state index in [9.17, 15) is 0 Å². The van der Waals surface area contributed by atoms with Gasteiger partial charge in [0.15, 0.2) is 6.23 Å². The average Bonchev–Trinajstić information content (AvgIpc) is 2.87. The molecule has 0 radical (unpaired) electrons. The van der Waals surface area contributed by atoms with Gasteiger partial charge in [-0.25, -0.2) is 0 Å². The Kier molecular flexibility index (Phi) is 4.50. The molecule has 134 valence electrons. The van der Waals surface area contributed by atoms with Crippen LogP contribution in [-0.4, -0.2) is 0 Å². The molecule has 1 aliphatic heterocycles. The molecule has 25 heavy (non-hydrogen) atoms. The van der Waals surface area contributed by atoms with E-state index in [-0.39, 0.29) is 17.1 Å². The molecule has 0 fully saturated rings. The first kappa shape index (κ1) is 18.4. The summed E-state index contributed by atoms with van der Waals surface area (Å²) in [6, 6.07) is 9.95. The van der Waals surface area contributed by atoms with E-state index in [2.05, 4.69) is 59.0 Å². The molecule has 0 saturated carbocycles. The van der Waals surface area contributed by atoms with Gasteiger partial charge in [-0.2, -0.15) is 0 Å². The molecule has 0 aromatic heterocycles. The minimum atomic E-state index is -0.309. The Morgan fingerprint density at radius 3 is 2.16 bits per heavy atom. The molecule has 0 spiro atoms. The molecule has 1 unspecified atom stereocenters. The Labute approximate surface area is 160 Å². The van der Waals surface area contributed by atoms with Crippen LogP contribution in [0.3, 0.4) is 0 Å².